The summed E-state index contributed by atoms with van der Waals surface area (Å²) in [4.78, 5) is 15.2. The molecule has 4 rings (SSSR count). The van der Waals surface area contributed by atoms with Gasteiger partial charge >= 0.3 is 5.97 Å². The number of carbonyl (C=O) groups excluding carboxylic acids is 1. The molecule has 2 N–H and O–H groups in total. The Hall–Kier alpha value is -2.83. The van der Waals surface area contributed by atoms with E-state index in [-0.39, 0.29) is 19.0 Å². The van der Waals surface area contributed by atoms with Crippen molar-refractivity contribution in [2.75, 3.05) is 26.3 Å². The Bertz CT molecular complexity index is 1020. The third kappa shape index (κ3) is 3.93. The van der Waals surface area contributed by atoms with Crippen molar-refractivity contribution in [3.63, 3.8) is 0 Å². The number of phenolic OH excluding ortho intramolecular Hbond substituents is 1. The summed E-state index contributed by atoms with van der Waals surface area (Å²) >= 11 is 0. The zero-order valence-corrected chi connectivity index (χ0v) is 17.1. The summed E-state index contributed by atoms with van der Waals surface area (Å²) in [7, 11) is 0. The van der Waals surface area contributed by atoms with Gasteiger partial charge in [-0.3, -0.25) is 4.90 Å². The number of fused-ring (bicyclic) bond motifs is 1. The smallest absolute Gasteiger partial charge is 0.342 e. The van der Waals surface area contributed by atoms with Crippen molar-refractivity contribution in [1.82, 2.24) is 4.90 Å². The first-order valence-corrected chi connectivity index (χ1v) is 10.5. The Kier molecular flexibility index (Phi) is 6.06. The minimum Gasteiger partial charge on any atom is -0.508 e. The second-order valence-corrected chi connectivity index (χ2v) is 7.73. The molecule has 2 aromatic carbocycles. The lowest BCUT2D eigenvalue weighted by atomic mass is 9.96. The topological polar surface area (TPSA) is 83.1 Å². The average Bonchev–Trinajstić information content (AvgIpc) is 3.17. The normalized spacial score (nSPS) is 15.5. The fourth-order valence-electron chi connectivity index (χ4n) is 4.15. The maximum absolute atomic E-state index is 12.9. The molecule has 1 aliphatic heterocycles. The molecule has 1 aliphatic rings. The molecule has 3 aromatic rings. The van der Waals surface area contributed by atoms with Crippen molar-refractivity contribution in [1.29, 1.82) is 0 Å². The van der Waals surface area contributed by atoms with Crippen LogP contribution in [0.2, 0.25) is 0 Å². The van der Waals surface area contributed by atoms with Gasteiger partial charge in [0.05, 0.1) is 6.61 Å². The second-order valence-electron chi connectivity index (χ2n) is 7.73. The third-order valence-electron chi connectivity index (χ3n) is 5.80. The molecular weight excluding hydrogens is 382 g/mol. The summed E-state index contributed by atoms with van der Waals surface area (Å²) in [6.07, 6.45) is 1.83. The number of nitrogens with zero attached hydrogens (tertiary/aromatic N) is 1. The largest absolute Gasteiger partial charge is 0.508 e. The lowest BCUT2D eigenvalue weighted by Gasteiger charge is -2.31. The summed E-state index contributed by atoms with van der Waals surface area (Å²) in [6, 6.07) is 12.8. The highest BCUT2D eigenvalue weighted by atomic mass is 16.5. The highest BCUT2D eigenvalue weighted by molar-refractivity contribution is 6.10. The number of hydrogen-bond acceptors (Lipinski definition) is 6. The van der Waals surface area contributed by atoms with Crippen LogP contribution in [0.1, 0.15) is 35.7 Å². The van der Waals surface area contributed by atoms with Crippen molar-refractivity contribution in [2.24, 2.45) is 5.92 Å². The number of aliphatic hydroxyl groups is 1. The van der Waals surface area contributed by atoms with Crippen LogP contribution in [0.4, 0.5) is 0 Å². The molecule has 0 aliphatic carbocycles. The third-order valence-corrected chi connectivity index (χ3v) is 5.80. The molecule has 1 fully saturated rings. The summed E-state index contributed by atoms with van der Waals surface area (Å²) in [6.45, 7) is 4.40. The molecule has 1 aromatic heterocycles. The second kappa shape index (κ2) is 8.90. The van der Waals surface area contributed by atoms with Crippen LogP contribution in [0.5, 0.6) is 5.75 Å². The Balaban J connectivity index is 1.81. The van der Waals surface area contributed by atoms with E-state index in [9.17, 15) is 15.0 Å². The van der Waals surface area contributed by atoms with Crippen LogP contribution in [0.25, 0.3) is 22.3 Å². The van der Waals surface area contributed by atoms with E-state index < -0.39 is 5.97 Å². The number of piperidine rings is 1. The van der Waals surface area contributed by atoms with Gasteiger partial charge in [0, 0.05) is 29.7 Å². The van der Waals surface area contributed by atoms with Gasteiger partial charge in [-0.25, -0.2) is 4.79 Å². The minimum atomic E-state index is -0.457. The fourth-order valence-corrected chi connectivity index (χ4v) is 4.15. The molecule has 0 spiro atoms. The number of phenols is 1. The monoisotopic (exact) mass is 409 g/mol. The zero-order chi connectivity index (χ0) is 21.1. The summed E-state index contributed by atoms with van der Waals surface area (Å²) < 4.78 is 11.5. The van der Waals surface area contributed by atoms with Gasteiger partial charge < -0.3 is 19.4 Å². The predicted molar refractivity (Wildman–Crippen MR) is 114 cm³/mol. The van der Waals surface area contributed by atoms with Gasteiger partial charge in [0.1, 0.15) is 22.7 Å². The standard InChI is InChI=1S/C24H27NO5/c1-2-29-24(28)22-21-18(14-25-12-10-16(15-26)11-13-25)19(27)8-9-20(21)30-23(22)17-6-4-3-5-7-17/h3-9,16,26-27H,2,10-15H2,1H3. The van der Waals surface area contributed by atoms with Gasteiger partial charge in [0.2, 0.25) is 0 Å². The van der Waals surface area contributed by atoms with Crippen molar-refractivity contribution in [3.05, 3.63) is 53.6 Å². The first-order valence-electron chi connectivity index (χ1n) is 10.5. The van der Waals surface area contributed by atoms with E-state index >= 15 is 0 Å². The Morgan fingerprint density at radius 1 is 1.17 bits per heavy atom. The SMILES string of the molecule is CCOC(=O)c1c(-c2ccccc2)oc2ccc(O)c(CN3CCC(CO)CC3)c12. The van der Waals surface area contributed by atoms with Gasteiger partial charge in [0.25, 0.3) is 0 Å². The van der Waals surface area contributed by atoms with E-state index in [1.165, 1.54) is 0 Å². The van der Waals surface area contributed by atoms with Crippen LogP contribution < -0.4 is 0 Å². The van der Waals surface area contributed by atoms with Gasteiger partial charge in [-0.15, -0.1) is 0 Å². The van der Waals surface area contributed by atoms with Crippen LogP contribution in [0.15, 0.2) is 46.9 Å². The molecule has 6 nitrogen and oxygen atoms in total. The summed E-state index contributed by atoms with van der Waals surface area (Å²) in [5.74, 6) is 0.466. The molecule has 6 heteroatoms. The molecule has 158 valence electrons. The fraction of sp³-hybridized carbons (Fsp3) is 0.375. The lowest BCUT2D eigenvalue weighted by Crippen LogP contribution is -2.34. The van der Waals surface area contributed by atoms with E-state index in [0.29, 0.717) is 40.3 Å². The number of carbonyl (C=O) groups is 1. The molecule has 0 unspecified atom stereocenters. The van der Waals surface area contributed by atoms with Crippen molar-refractivity contribution < 1.29 is 24.2 Å². The van der Waals surface area contributed by atoms with Crippen molar-refractivity contribution in [3.8, 4) is 17.1 Å². The van der Waals surface area contributed by atoms with E-state index in [1.54, 1.807) is 19.1 Å². The lowest BCUT2D eigenvalue weighted by molar-refractivity contribution is 0.0528. The zero-order valence-electron chi connectivity index (χ0n) is 17.1. The number of esters is 1. The number of aromatic hydroxyl groups is 1. The number of hydrogen-bond donors (Lipinski definition) is 2. The number of benzene rings is 2. The van der Waals surface area contributed by atoms with Crippen LogP contribution >= 0.6 is 0 Å². The quantitative estimate of drug-likeness (QED) is 0.594. The minimum absolute atomic E-state index is 0.137. The first kappa shape index (κ1) is 20.4. The molecule has 0 saturated carbocycles. The number of furan rings is 1. The molecule has 0 bridgehead atoms. The molecule has 30 heavy (non-hydrogen) atoms. The highest BCUT2D eigenvalue weighted by Gasteiger charge is 2.28. The van der Waals surface area contributed by atoms with E-state index in [2.05, 4.69) is 4.90 Å². The molecule has 0 atom stereocenters. The molecule has 0 radical (unpaired) electrons. The number of aliphatic hydroxyl groups excluding tert-OH is 1. The maximum atomic E-state index is 12.9. The molecular formula is C24H27NO5. The van der Waals surface area contributed by atoms with Crippen LogP contribution in [0, 0.1) is 5.92 Å². The Morgan fingerprint density at radius 2 is 1.90 bits per heavy atom. The van der Waals surface area contributed by atoms with E-state index in [4.69, 9.17) is 9.15 Å². The molecule has 0 amide bonds. The summed E-state index contributed by atoms with van der Waals surface area (Å²) in [5.41, 5.74) is 2.36. The molecule has 1 saturated heterocycles. The van der Waals surface area contributed by atoms with Gasteiger partial charge in [-0.1, -0.05) is 30.3 Å². The Labute approximate surface area is 175 Å². The maximum Gasteiger partial charge on any atom is 0.342 e. The van der Waals surface area contributed by atoms with Crippen molar-refractivity contribution in [2.45, 2.75) is 26.3 Å². The van der Waals surface area contributed by atoms with Crippen LogP contribution in [-0.4, -0.2) is 47.4 Å². The first-order chi connectivity index (χ1) is 14.6. The van der Waals surface area contributed by atoms with Crippen LogP contribution in [-0.2, 0) is 11.3 Å². The highest BCUT2D eigenvalue weighted by Crippen LogP contribution is 2.39. The van der Waals surface area contributed by atoms with E-state index in [0.717, 1.165) is 31.5 Å². The van der Waals surface area contributed by atoms with Gasteiger partial charge in [-0.2, -0.15) is 0 Å². The predicted octanol–water partition coefficient (Wildman–Crippen LogP) is 4.19. The van der Waals surface area contributed by atoms with Crippen molar-refractivity contribution >= 4 is 16.9 Å². The van der Waals surface area contributed by atoms with Gasteiger partial charge in [0.15, 0.2) is 0 Å². The average molecular weight is 409 g/mol. The number of rotatable bonds is 6. The Morgan fingerprint density at radius 3 is 2.57 bits per heavy atom. The van der Waals surface area contributed by atoms with E-state index in [1.807, 2.05) is 30.3 Å². The summed E-state index contributed by atoms with van der Waals surface area (Å²) in [5, 5.41) is 20.7. The number of ether oxygens (including phenoxy) is 1. The van der Waals surface area contributed by atoms with Gasteiger partial charge in [-0.05, 0) is 50.9 Å². The number of likely N-dealkylation sites (tertiary alicyclic amines) is 1. The molecule has 2 heterocycles. The van der Waals surface area contributed by atoms with Crippen LogP contribution in [0.3, 0.4) is 0 Å².